The summed E-state index contributed by atoms with van der Waals surface area (Å²) >= 11 is 0. The fraction of sp³-hybridized carbons (Fsp3) is 0.118. The molecule has 0 bridgehead atoms. The van der Waals surface area contributed by atoms with Gasteiger partial charge in [0.15, 0.2) is 0 Å². The van der Waals surface area contributed by atoms with Crippen LogP contribution < -0.4 is 0 Å². The van der Waals surface area contributed by atoms with E-state index in [2.05, 4.69) is 6.58 Å². The van der Waals surface area contributed by atoms with Gasteiger partial charge in [0.1, 0.15) is 5.75 Å². The molecule has 0 aliphatic carbocycles. The molecule has 0 unspecified atom stereocenters. The van der Waals surface area contributed by atoms with E-state index in [-0.39, 0.29) is 6.42 Å². The number of aryl methyl sites for hydroxylation is 1. The molecule has 0 saturated carbocycles. The summed E-state index contributed by atoms with van der Waals surface area (Å²) in [5.41, 5.74) is 3.02. The zero-order valence-corrected chi connectivity index (χ0v) is 11.4. The molecule has 0 aliphatic rings. The van der Waals surface area contributed by atoms with Crippen molar-refractivity contribution in [3.05, 3.63) is 71.8 Å². The van der Waals surface area contributed by atoms with Crippen molar-refractivity contribution in [2.45, 2.75) is 13.3 Å². The summed E-state index contributed by atoms with van der Waals surface area (Å²) in [6.07, 6.45) is 1.85. The Bertz CT molecular complexity index is 554. The molecule has 2 N–H and O–H groups in total. The summed E-state index contributed by atoms with van der Waals surface area (Å²) in [7, 11) is 0. The third-order valence-electron chi connectivity index (χ3n) is 2.60. The average molecular weight is 270 g/mol. The Morgan fingerprint density at radius 2 is 1.65 bits per heavy atom. The number of aliphatic carboxylic acids is 1. The van der Waals surface area contributed by atoms with Gasteiger partial charge in [0.25, 0.3) is 0 Å². The standard InChI is InChI=1S/C9H10O2.C8H8O/c1-7-2-4-8(5-3-7)6-9(10)11;1-2-7-3-5-8(9)6-4-7/h2-5H,6H2,1H3,(H,10,11);2-6,9H,1H2. The van der Waals surface area contributed by atoms with Gasteiger partial charge >= 0.3 is 5.97 Å². The average Bonchev–Trinajstić information content (AvgIpc) is 2.43. The van der Waals surface area contributed by atoms with E-state index in [1.165, 1.54) is 0 Å². The van der Waals surface area contributed by atoms with Crippen LogP contribution in [0.2, 0.25) is 0 Å². The van der Waals surface area contributed by atoms with Crippen LogP contribution in [-0.4, -0.2) is 16.2 Å². The smallest absolute Gasteiger partial charge is 0.307 e. The Hall–Kier alpha value is -2.55. The molecule has 3 nitrogen and oxygen atoms in total. The maximum absolute atomic E-state index is 10.3. The Morgan fingerprint density at radius 3 is 2.10 bits per heavy atom. The molecule has 0 amide bonds. The highest BCUT2D eigenvalue weighted by molar-refractivity contribution is 5.70. The van der Waals surface area contributed by atoms with E-state index < -0.39 is 5.97 Å². The second-order valence-corrected chi connectivity index (χ2v) is 4.35. The van der Waals surface area contributed by atoms with E-state index in [0.717, 1.165) is 16.7 Å². The number of hydrogen-bond acceptors (Lipinski definition) is 2. The lowest BCUT2D eigenvalue weighted by molar-refractivity contribution is -0.136. The molecule has 2 aromatic carbocycles. The first-order chi connectivity index (χ1) is 9.51. The van der Waals surface area contributed by atoms with Crippen LogP contribution in [0.4, 0.5) is 0 Å². The molecule has 0 atom stereocenters. The topological polar surface area (TPSA) is 57.5 Å². The van der Waals surface area contributed by atoms with Crippen molar-refractivity contribution in [2.75, 3.05) is 0 Å². The molecule has 0 saturated heterocycles. The predicted molar refractivity (Wildman–Crippen MR) is 80.7 cm³/mol. The molecule has 0 fully saturated rings. The summed E-state index contributed by atoms with van der Waals surface area (Å²) in [4.78, 5) is 10.3. The molecule has 2 aromatic rings. The Morgan fingerprint density at radius 1 is 1.10 bits per heavy atom. The molecule has 0 spiro atoms. The third-order valence-corrected chi connectivity index (χ3v) is 2.60. The van der Waals surface area contributed by atoms with Crippen LogP contribution in [0, 0.1) is 6.92 Å². The molecular formula is C17H18O3. The second kappa shape index (κ2) is 7.79. The van der Waals surface area contributed by atoms with Crippen molar-refractivity contribution < 1.29 is 15.0 Å². The van der Waals surface area contributed by atoms with Gasteiger partial charge in [-0.2, -0.15) is 0 Å². The van der Waals surface area contributed by atoms with Crippen molar-refractivity contribution in [3.8, 4) is 5.75 Å². The molecule has 0 aromatic heterocycles. The number of phenolic OH excluding ortho intramolecular Hbond substituents is 1. The van der Waals surface area contributed by atoms with Gasteiger partial charge < -0.3 is 10.2 Å². The molecule has 104 valence electrons. The van der Waals surface area contributed by atoms with Gasteiger partial charge in [0.2, 0.25) is 0 Å². The molecular weight excluding hydrogens is 252 g/mol. The van der Waals surface area contributed by atoms with Crippen LogP contribution in [0.15, 0.2) is 55.1 Å². The number of rotatable bonds is 3. The minimum absolute atomic E-state index is 0.111. The van der Waals surface area contributed by atoms with Crippen molar-refractivity contribution in [1.29, 1.82) is 0 Å². The monoisotopic (exact) mass is 270 g/mol. The fourth-order valence-electron chi connectivity index (χ4n) is 1.49. The minimum atomic E-state index is -0.783. The Kier molecular flexibility index (Phi) is 6.04. The molecule has 0 heterocycles. The van der Waals surface area contributed by atoms with Crippen molar-refractivity contribution in [1.82, 2.24) is 0 Å². The van der Waals surface area contributed by atoms with Crippen LogP contribution in [0.5, 0.6) is 5.75 Å². The molecule has 3 heteroatoms. The van der Waals surface area contributed by atoms with E-state index in [4.69, 9.17) is 10.2 Å². The summed E-state index contributed by atoms with van der Waals surface area (Å²) in [5, 5.41) is 17.3. The first kappa shape index (κ1) is 15.5. The van der Waals surface area contributed by atoms with Crippen molar-refractivity contribution in [2.24, 2.45) is 0 Å². The summed E-state index contributed by atoms with van der Waals surface area (Å²) in [6.45, 7) is 5.56. The number of benzene rings is 2. The van der Waals surface area contributed by atoms with E-state index in [9.17, 15) is 4.79 Å². The van der Waals surface area contributed by atoms with Crippen LogP contribution in [0.25, 0.3) is 6.08 Å². The number of carboxylic acids is 1. The minimum Gasteiger partial charge on any atom is -0.508 e. The normalized spacial score (nSPS) is 9.25. The van der Waals surface area contributed by atoms with Crippen molar-refractivity contribution in [3.63, 3.8) is 0 Å². The fourth-order valence-corrected chi connectivity index (χ4v) is 1.49. The highest BCUT2D eigenvalue weighted by atomic mass is 16.4. The van der Waals surface area contributed by atoms with Gasteiger partial charge in [-0.05, 0) is 30.2 Å². The molecule has 0 radical (unpaired) electrons. The van der Waals surface area contributed by atoms with E-state index in [1.54, 1.807) is 18.2 Å². The van der Waals surface area contributed by atoms with Gasteiger partial charge in [-0.25, -0.2) is 0 Å². The predicted octanol–water partition coefficient (Wildman–Crippen LogP) is 3.66. The van der Waals surface area contributed by atoms with Gasteiger partial charge in [0.05, 0.1) is 6.42 Å². The SMILES string of the molecule is C=Cc1ccc(O)cc1.Cc1ccc(CC(=O)O)cc1. The number of phenols is 1. The molecule has 0 aliphatic heterocycles. The van der Waals surface area contributed by atoms with E-state index in [1.807, 2.05) is 43.3 Å². The molecule has 2 rings (SSSR count). The number of carboxylic acid groups (broad SMARTS) is 1. The van der Waals surface area contributed by atoms with Gasteiger partial charge in [0, 0.05) is 0 Å². The second-order valence-electron chi connectivity index (χ2n) is 4.35. The quantitative estimate of drug-likeness (QED) is 0.895. The highest BCUT2D eigenvalue weighted by Gasteiger charge is 1.97. The van der Waals surface area contributed by atoms with E-state index in [0.29, 0.717) is 5.75 Å². The van der Waals surface area contributed by atoms with Gasteiger partial charge in [-0.1, -0.05) is 54.6 Å². The third kappa shape index (κ3) is 5.87. The van der Waals surface area contributed by atoms with Crippen LogP contribution in [0.3, 0.4) is 0 Å². The lowest BCUT2D eigenvalue weighted by Crippen LogP contribution is -1.99. The first-order valence-corrected chi connectivity index (χ1v) is 6.20. The lowest BCUT2D eigenvalue weighted by Gasteiger charge is -1.96. The number of aromatic hydroxyl groups is 1. The number of hydrogen-bond donors (Lipinski definition) is 2. The maximum Gasteiger partial charge on any atom is 0.307 e. The summed E-state index contributed by atoms with van der Waals surface area (Å²) in [6, 6.07) is 14.4. The summed E-state index contributed by atoms with van der Waals surface area (Å²) < 4.78 is 0. The van der Waals surface area contributed by atoms with Crippen LogP contribution in [-0.2, 0) is 11.2 Å². The zero-order valence-electron chi connectivity index (χ0n) is 11.4. The maximum atomic E-state index is 10.3. The van der Waals surface area contributed by atoms with E-state index >= 15 is 0 Å². The van der Waals surface area contributed by atoms with Gasteiger partial charge in [-0.15, -0.1) is 0 Å². The van der Waals surface area contributed by atoms with Crippen molar-refractivity contribution >= 4 is 12.0 Å². The Labute approximate surface area is 118 Å². The largest absolute Gasteiger partial charge is 0.508 e. The Balaban J connectivity index is 0.000000204. The molecule has 20 heavy (non-hydrogen) atoms. The summed E-state index contributed by atoms with van der Waals surface area (Å²) in [5.74, 6) is -0.491. The zero-order chi connectivity index (χ0) is 15.0. The first-order valence-electron chi connectivity index (χ1n) is 6.20. The van der Waals surface area contributed by atoms with Gasteiger partial charge in [-0.3, -0.25) is 4.79 Å². The van der Waals surface area contributed by atoms with Crippen LogP contribution >= 0.6 is 0 Å². The lowest BCUT2D eigenvalue weighted by atomic mass is 10.1. The highest BCUT2D eigenvalue weighted by Crippen LogP contribution is 2.09. The van der Waals surface area contributed by atoms with Crippen LogP contribution in [0.1, 0.15) is 16.7 Å². The number of carbonyl (C=O) groups is 1.